The highest BCUT2D eigenvalue weighted by Gasteiger charge is 2.21. The van der Waals surface area contributed by atoms with Crippen LogP contribution in [0.5, 0.6) is 0 Å². The fourth-order valence-electron chi connectivity index (χ4n) is 0.746. The fraction of sp³-hybridized carbons (Fsp3) is 0.545. The van der Waals surface area contributed by atoms with Crippen LogP contribution in [0.15, 0.2) is 25.3 Å². The normalized spacial score (nSPS) is 13.0. The van der Waals surface area contributed by atoms with E-state index >= 15 is 0 Å². The van der Waals surface area contributed by atoms with Crippen LogP contribution in [0.25, 0.3) is 0 Å². The van der Waals surface area contributed by atoms with Crippen molar-refractivity contribution in [2.75, 3.05) is 13.2 Å². The molecule has 1 atom stereocenters. The average molecular weight is 214 g/mol. The Morgan fingerprint density at radius 3 is 2.53 bits per heavy atom. The summed E-state index contributed by atoms with van der Waals surface area (Å²) in [6.07, 6.45) is 1.40. The third kappa shape index (κ3) is 6.88. The summed E-state index contributed by atoms with van der Waals surface area (Å²) in [5, 5.41) is 9.08. The van der Waals surface area contributed by atoms with Crippen LogP contribution in [-0.2, 0) is 14.3 Å². The third-order valence-corrected chi connectivity index (χ3v) is 1.62. The molecular formula is C11H18O4. The lowest BCUT2D eigenvalue weighted by Gasteiger charge is -2.24. The van der Waals surface area contributed by atoms with E-state index in [1.165, 1.54) is 6.08 Å². The van der Waals surface area contributed by atoms with E-state index < -0.39 is 12.3 Å². The highest BCUT2D eigenvalue weighted by atomic mass is 16.6. The van der Waals surface area contributed by atoms with Gasteiger partial charge in [-0.05, 0) is 6.08 Å². The molecule has 0 aliphatic rings. The van der Waals surface area contributed by atoms with Gasteiger partial charge in [-0.15, -0.1) is 0 Å². The summed E-state index contributed by atoms with van der Waals surface area (Å²) in [7, 11) is 0. The highest BCUT2D eigenvalue weighted by molar-refractivity contribution is 5.81. The molecule has 0 bridgehead atoms. The number of aliphatic hydroxyl groups is 1. The molecule has 0 spiro atoms. The fourth-order valence-corrected chi connectivity index (χ4v) is 0.746. The van der Waals surface area contributed by atoms with Crippen molar-refractivity contribution in [1.29, 1.82) is 0 Å². The van der Waals surface area contributed by atoms with Crippen LogP contribution in [0.2, 0.25) is 0 Å². The number of hydrogen-bond acceptors (Lipinski definition) is 4. The van der Waals surface area contributed by atoms with Crippen molar-refractivity contribution in [3.63, 3.8) is 0 Å². The van der Waals surface area contributed by atoms with Gasteiger partial charge in [0.1, 0.15) is 0 Å². The van der Waals surface area contributed by atoms with E-state index in [1.807, 2.05) is 13.8 Å². The molecule has 86 valence electrons. The molecule has 0 aliphatic heterocycles. The number of aliphatic hydroxyl groups excluding tert-OH is 1. The molecule has 1 N–H and O–H groups in total. The second-order valence-electron chi connectivity index (χ2n) is 3.91. The number of rotatable bonds is 7. The summed E-state index contributed by atoms with van der Waals surface area (Å²) in [6.45, 7) is 10.9. The first kappa shape index (κ1) is 13.9. The maximum absolute atomic E-state index is 10.8. The zero-order chi connectivity index (χ0) is 11.9. The second-order valence-corrected chi connectivity index (χ2v) is 3.91. The van der Waals surface area contributed by atoms with Gasteiger partial charge in [0.25, 0.3) is 0 Å². The number of ether oxygens (including phenoxy) is 2. The Morgan fingerprint density at radius 1 is 1.47 bits per heavy atom. The van der Waals surface area contributed by atoms with Gasteiger partial charge in [-0.3, -0.25) is 0 Å². The van der Waals surface area contributed by atoms with E-state index in [1.54, 1.807) is 0 Å². The Labute approximate surface area is 90.2 Å². The Balaban J connectivity index is 3.90. The first-order valence-electron chi connectivity index (χ1n) is 4.63. The van der Waals surface area contributed by atoms with Crippen molar-refractivity contribution in [2.24, 2.45) is 5.41 Å². The van der Waals surface area contributed by atoms with Gasteiger partial charge in [-0.25, -0.2) is 4.79 Å². The molecule has 0 amide bonds. The molecule has 0 aromatic carbocycles. The van der Waals surface area contributed by atoms with Crippen LogP contribution < -0.4 is 0 Å². The predicted octanol–water partition coefficient (Wildman–Crippen LogP) is 1.26. The standard InChI is InChI=1S/C11H18O4/c1-5-9(12)14-7-11(3,4)8-15-10(13)6-2/h5-6,9,12H,1-2,7-8H2,3-4H3. The molecule has 15 heavy (non-hydrogen) atoms. The maximum Gasteiger partial charge on any atom is 0.330 e. The summed E-state index contributed by atoms with van der Waals surface area (Å²) in [5.74, 6) is -0.465. The van der Waals surface area contributed by atoms with Crippen molar-refractivity contribution in [3.8, 4) is 0 Å². The lowest BCUT2D eigenvalue weighted by atomic mass is 9.96. The number of carbonyl (C=O) groups is 1. The Bertz CT molecular complexity index is 233. The molecule has 4 nitrogen and oxygen atoms in total. The van der Waals surface area contributed by atoms with E-state index in [-0.39, 0.29) is 18.6 Å². The highest BCUT2D eigenvalue weighted by Crippen LogP contribution is 2.16. The van der Waals surface area contributed by atoms with Gasteiger partial charge in [0.15, 0.2) is 6.29 Å². The molecule has 0 aromatic rings. The van der Waals surface area contributed by atoms with Gasteiger partial charge in [-0.1, -0.05) is 27.0 Å². The topological polar surface area (TPSA) is 55.8 Å². The Hall–Kier alpha value is -1.13. The van der Waals surface area contributed by atoms with E-state index in [9.17, 15) is 4.79 Å². The zero-order valence-corrected chi connectivity index (χ0v) is 9.23. The van der Waals surface area contributed by atoms with Crippen LogP contribution >= 0.6 is 0 Å². The number of esters is 1. The van der Waals surface area contributed by atoms with E-state index in [0.717, 1.165) is 6.08 Å². The summed E-state index contributed by atoms with van der Waals surface area (Å²) < 4.78 is 9.92. The molecule has 0 aromatic heterocycles. The van der Waals surface area contributed by atoms with Crippen LogP contribution in [0, 0.1) is 5.41 Å². The largest absolute Gasteiger partial charge is 0.462 e. The third-order valence-electron chi connectivity index (χ3n) is 1.62. The monoisotopic (exact) mass is 214 g/mol. The van der Waals surface area contributed by atoms with E-state index in [4.69, 9.17) is 14.6 Å². The molecule has 0 radical (unpaired) electrons. The predicted molar refractivity (Wildman–Crippen MR) is 57.1 cm³/mol. The molecule has 0 aliphatic carbocycles. The summed E-state index contributed by atoms with van der Waals surface area (Å²) >= 11 is 0. The molecule has 1 unspecified atom stereocenters. The maximum atomic E-state index is 10.8. The number of carbonyl (C=O) groups excluding carboxylic acids is 1. The van der Waals surface area contributed by atoms with Crippen LogP contribution in [0.1, 0.15) is 13.8 Å². The number of hydrogen-bond donors (Lipinski definition) is 1. The first-order valence-corrected chi connectivity index (χ1v) is 4.63. The molecule has 0 rings (SSSR count). The Kier molecular flexibility index (Phi) is 5.89. The van der Waals surface area contributed by atoms with Gasteiger partial charge in [0, 0.05) is 11.5 Å². The van der Waals surface area contributed by atoms with Crippen molar-refractivity contribution < 1.29 is 19.4 Å². The molecule has 0 saturated heterocycles. The molecule has 0 heterocycles. The molecule has 4 heteroatoms. The van der Waals surface area contributed by atoms with Gasteiger partial charge in [-0.2, -0.15) is 0 Å². The second kappa shape index (κ2) is 6.37. The van der Waals surface area contributed by atoms with Gasteiger partial charge in [0.2, 0.25) is 0 Å². The Morgan fingerprint density at radius 2 is 2.07 bits per heavy atom. The van der Waals surface area contributed by atoms with Crippen LogP contribution in [0.3, 0.4) is 0 Å². The van der Waals surface area contributed by atoms with Crippen molar-refractivity contribution in [1.82, 2.24) is 0 Å². The lowest BCUT2D eigenvalue weighted by Crippen LogP contribution is -2.29. The smallest absolute Gasteiger partial charge is 0.330 e. The van der Waals surface area contributed by atoms with Gasteiger partial charge in [0.05, 0.1) is 13.2 Å². The molecular weight excluding hydrogens is 196 g/mol. The lowest BCUT2D eigenvalue weighted by molar-refractivity contribution is -0.145. The van der Waals surface area contributed by atoms with Gasteiger partial charge >= 0.3 is 5.97 Å². The first-order chi connectivity index (χ1) is 6.91. The molecule has 0 fully saturated rings. The zero-order valence-electron chi connectivity index (χ0n) is 9.23. The van der Waals surface area contributed by atoms with Crippen LogP contribution in [0.4, 0.5) is 0 Å². The van der Waals surface area contributed by atoms with E-state index in [0.29, 0.717) is 0 Å². The van der Waals surface area contributed by atoms with Crippen molar-refractivity contribution >= 4 is 5.97 Å². The molecule has 0 saturated carbocycles. The van der Waals surface area contributed by atoms with Gasteiger partial charge < -0.3 is 14.6 Å². The quantitative estimate of drug-likeness (QED) is 0.300. The minimum Gasteiger partial charge on any atom is -0.462 e. The van der Waals surface area contributed by atoms with E-state index in [2.05, 4.69) is 13.2 Å². The summed E-state index contributed by atoms with van der Waals surface area (Å²) in [6, 6.07) is 0. The SMILES string of the molecule is C=CC(=O)OCC(C)(C)COC(O)C=C. The minimum absolute atomic E-state index is 0.210. The average Bonchev–Trinajstić information content (AvgIpc) is 2.22. The van der Waals surface area contributed by atoms with Crippen molar-refractivity contribution in [2.45, 2.75) is 20.1 Å². The van der Waals surface area contributed by atoms with Crippen LogP contribution in [-0.4, -0.2) is 30.6 Å². The van der Waals surface area contributed by atoms with Crippen molar-refractivity contribution in [3.05, 3.63) is 25.3 Å². The summed E-state index contributed by atoms with van der Waals surface area (Å²) in [4.78, 5) is 10.8. The summed E-state index contributed by atoms with van der Waals surface area (Å²) in [5.41, 5.74) is -0.358. The minimum atomic E-state index is -0.987.